The zero-order valence-electron chi connectivity index (χ0n) is 14.5. The van der Waals surface area contributed by atoms with Gasteiger partial charge in [0.15, 0.2) is 0 Å². The Balaban J connectivity index is 2.21. The predicted octanol–water partition coefficient (Wildman–Crippen LogP) is 2.63. The lowest BCUT2D eigenvalue weighted by molar-refractivity contribution is -0.122. The average Bonchev–Trinajstić information content (AvgIpc) is 3.03. The van der Waals surface area contributed by atoms with Gasteiger partial charge in [-0.25, -0.2) is 0 Å². The lowest BCUT2D eigenvalue weighted by atomic mass is 9.86. The number of H-pyrrole nitrogens is 1. The van der Waals surface area contributed by atoms with E-state index in [0.717, 1.165) is 10.9 Å². The second-order valence-electron chi connectivity index (χ2n) is 6.81. The number of nitrogens with zero attached hydrogens (tertiary/aromatic N) is 2. The zero-order valence-corrected chi connectivity index (χ0v) is 14.5. The van der Waals surface area contributed by atoms with E-state index in [1.807, 2.05) is 42.5 Å². The summed E-state index contributed by atoms with van der Waals surface area (Å²) in [5.41, 5.74) is 6.66. The van der Waals surface area contributed by atoms with E-state index in [0.29, 0.717) is 22.3 Å². The van der Waals surface area contributed by atoms with Crippen LogP contribution in [0.15, 0.2) is 59.4 Å². The van der Waals surface area contributed by atoms with Crippen LogP contribution in [0, 0.1) is 0 Å². The number of hydrogen-bond acceptors (Lipinski definition) is 3. The second-order valence-corrected chi connectivity index (χ2v) is 6.81. The van der Waals surface area contributed by atoms with Crippen molar-refractivity contribution in [2.75, 3.05) is 0 Å². The van der Waals surface area contributed by atoms with Gasteiger partial charge in [-0.15, -0.1) is 0 Å². The van der Waals surface area contributed by atoms with Crippen LogP contribution in [0.4, 0.5) is 0 Å². The molecule has 6 nitrogen and oxygen atoms in total. The highest BCUT2D eigenvalue weighted by atomic mass is 16.1. The highest BCUT2D eigenvalue weighted by Crippen LogP contribution is 2.32. The first-order valence-electron chi connectivity index (χ1n) is 8.31. The number of para-hydroxylation sites is 2. The predicted molar refractivity (Wildman–Crippen MR) is 101 cm³/mol. The Labute approximate surface area is 149 Å². The maximum atomic E-state index is 13.1. The van der Waals surface area contributed by atoms with Gasteiger partial charge in [0.1, 0.15) is 5.52 Å². The Kier molecular flexibility index (Phi) is 3.44. The highest BCUT2D eigenvalue weighted by Gasteiger charge is 2.34. The number of rotatable bonds is 3. The van der Waals surface area contributed by atoms with Gasteiger partial charge in [0, 0.05) is 16.3 Å². The molecule has 0 aliphatic heterocycles. The number of hydrogen-bond donors (Lipinski definition) is 2. The highest BCUT2D eigenvalue weighted by molar-refractivity contribution is 6.10. The Morgan fingerprint density at radius 3 is 2.42 bits per heavy atom. The van der Waals surface area contributed by atoms with Crippen molar-refractivity contribution in [3.63, 3.8) is 0 Å². The van der Waals surface area contributed by atoms with Gasteiger partial charge in [-0.1, -0.05) is 36.4 Å². The minimum Gasteiger partial charge on any atom is -0.369 e. The molecule has 130 valence electrons. The molecule has 4 aromatic rings. The van der Waals surface area contributed by atoms with Crippen LogP contribution in [0.2, 0.25) is 0 Å². The van der Waals surface area contributed by atoms with Crippen LogP contribution >= 0.6 is 0 Å². The number of aromatic amines is 1. The molecule has 0 unspecified atom stereocenters. The quantitative estimate of drug-likeness (QED) is 0.597. The third-order valence-electron chi connectivity index (χ3n) is 4.76. The first-order chi connectivity index (χ1) is 12.4. The van der Waals surface area contributed by atoms with Crippen molar-refractivity contribution in [3.05, 3.63) is 70.6 Å². The van der Waals surface area contributed by atoms with Crippen LogP contribution < -0.4 is 11.3 Å². The van der Waals surface area contributed by atoms with Gasteiger partial charge >= 0.3 is 0 Å². The minimum atomic E-state index is -1.05. The Bertz CT molecular complexity index is 1200. The van der Waals surface area contributed by atoms with Crippen molar-refractivity contribution in [3.8, 4) is 5.69 Å². The summed E-state index contributed by atoms with van der Waals surface area (Å²) in [5.74, 6) is -0.505. The SMILES string of the molecule is CC(C)(C(N)=O)c1nn(-c2ccccc2)c(=O)c2[nH]c3ccccc3c12. The Hall–Kier alpha value is -3.41. The Morgan fingerprint density at radius 2 is 1.73 bits per heavy atom. The number of fused-ring (bicyclic) bond motifs is 3. The molecule has 0 radical (unpaired) electrons. The average molecular weight is 346 g/mol. The number of benzene rings is 2. The number of carbonyl (C=O) groups excluding carboxylic acids is 1. The van der Waals surface area contributed by atoms with Crippen LogP contribution in [0.3, 0.4) is 0 Å². The van der Waals surface area contributed by atoms with Gasteiger partial charge in [0.05, 0.1) is 16.8 Å². The molecule has 0 spiro atoms. The van der Waals surface area contributed by atoms with E-state index in [-0.39, 0.29) is 5.56 Å². The van der Waals surface area contributed by atoms with Crippen LogP contribution in [0.25, 0.3) is 27.5 Å². The van der Waals surface area contributed by atoms with Crippen molar-refractivity contribution < 1.29 is 4.79 Å². The minimum absolute atomic E-state index is 0.272. The number of nitrogens with two attached hydrogens (primary N) is 1. The standard InChI is InChI=1S/C20H18N4O2/c1-20(2,19(21)26)17-15-13-10-6-7-11-14(13)22-16(15)18(25)24(23-17)12-8-4-3-5-9-12/h3-11,22H,1-2H3,(H2,21,26). The molecule has 2 aromatic heterocycles. The van der Waals surface area contributed by atoms with Gasteiger partial charge in [-0.3, -0.25) is 9.59 Å². The molecule has 0 bridgehead atoms. The first-order valence-corrected chi connectivity index (χ1v) is 8.31. The molecule has 0 saturated carbocycles. The fourth-order valence-electron chi connectivity index (χ4n) is 3.15. The summed E-state index contributed by atoms with van der Waals surface area (Å²) in [6, 6.07) is 16.7. The monoisotopic (exact) mass is 346 g/mol. The molecule has 0 aliphatic rings. The Morgan fingerprint density at radius 1 is 1.08 bits per heavy atom. The molecule has 4 rings (SSSR count). The van der Waals surface area contributed by atoms with E-state index in [1.54, 1.807) is 26.0 Å². The summed E-state index contributed by atoms with van der Waals surface area (Å²) in [7, 11) is 0. The lowest BCUT2D eigenvalue weighted by Gasteiger charge is -2.22. The summed E-state index contributed by atoms with van der Waals surface area (Å²) >= 11 is 0. The zero-order chi connectivity index (χ0) is 18.5. The molecule has 26 heavy (non-hydrogen) atoms. The fraction of sp³-hybridized carbons (Fsp3) is 0.150. The lowest BCUT2D eigenvalue weighted by Crippen LogP contribution is -2.38. The number of carbonyl (C=O) groups is 1. The number of amides is 1. The smallest absolute Gasteiger partial charge is 0.295 e. The normalized spacial score (nSPS) is 11.9. The third kappa shape index (κ3) is 2.23. The van der Waals surface area contributed by atoms with Gasteiger partial charge in [0.25, 0.3) is 5.56 Å². The van der Waals surface area contributed by atoms with Crippen LogP contribution in [-0.4, -0.2) is 20.7 Å². The largest absolute Gasteiger partial charge is 0.369 e. The molecule has 3 N–H and O–H groups in total. The number of aromatic nitrogens is 3. The van der Waals surface area contributed by atoms with Gasteiger partial charge in [0.2, 0.25) is 5.91 Å². The van der Waals surface area contributed by atoms with E-state index in [4.69, 9.17) is 5.73 Å². The molecule has 0 fully saturated rings. The second kappa shape index (κ2) is 5.56. The fourth-order valence-corrected chi connectivity index (χ4v) is 3.15. The maximum absolute atomic E-state index is 13.1. The third-order valence-corrected chi connectivity index (χ3v) is 4.76. The molecular formula is C20H18N4O2. The summed E-state index contributed by atoms with van der Waals surface area (Å²) in [6.07, 6.45) is 0. The summed E-state index contributed by atoms with van der Waals surface area (Å²) in [6.45, 7) is 3.44. The first kappa shape index (κ1) is 16.1. The van der Waals surface area contributed by atoms with E-state index >= 15 is 0 Å². The maximum Gasteiger partial charge on any atom is 0.295 e. The molecule has 1 amide bonds. The van der Waals surface area contributed by atoms with E-state index in [9.17, 15) is 9.59 Å². The van der Waals surface area contributed by atoms with Gasteiger partial charge in [-0.2, -0.15) is 9.78 Å². The summed E-state index contributed by atoms with van der Waals surface area (Å²) in [5, 5.41) is 6.05. The summed E-state index contributed by atoms with van der Waals surface area (Å²) < 4.78 is 1.32. The molecule has 0 aliphatic carbocycles. The van der Waals surface area contributed by atoms with Crippen molar-refractivity contribution in [1.29, 1.82) is 0 Å². The van der Waals surface area contributed by atoms with Crippen molar-refractivity contribution >= 4 is 27.7 Å². The van der Waals surface area contributed by atoms with Crippen molar-refractivity contribution in [2.45, 2.75) is 19.3 Å². The van der Waals surface area contributed by atoms with E-state index in [1.165, 1.54) is 4.68 Å². The summed E-state index contributed by atoms with van der Waals surface area (Å²) in [4.78, 5) is 28.4. The molecule has 6 heteroatoms. The van der Waals surface area contributed by atoms with Crippen LogP contribution in [-0.2, 0) is 10.2 Å². The molecule has 0 saturated heterocycles. The van der Waals surface area contributed by atoms with Crippen LogP contribution in [0.5, 0.6) is 0 Å². The van der Waals surface area contributed by atoms with Crippen molar-refractivity contribution in [1.82, 2.24) is 14.8 Å². The number of nitrogens with one attached hydrogen (secondary N) is 1. The topological polar surface area (TPSA) is 93.8 Å². The van der Waals surface area contributed by atoms with Gasteiger partial charge < -0.3 is 10.7 Å². The van der Waals surface area contributed by atoms with Crippen molar-refractivity contribution in [2.24, 2.45) is 5.73 Å². The van der Waals surface area contributed by atoms with E-state index in [2.05, 4.69) is 10.1 Å². The van der Waals surface area contributed by atoms with Gasteiger partial charge in [-0.05, 0) is 32.0 Å². The number of primary amides is 1. The molecule has 2 heterocycles. The molecular weight excluding hydrogens is 328 g/mol. The van der Waals surface area contributed by atoms with E-state index < -0.39 is 11.3 Å². The molecule has 0 atom stereocenters. The molecule has 2 aromatic carbocycles. The van der Waals surface area contributed by atoms with Crippen LogP contribution in [0.1, 0.15) is 19.5 Å².